The van der Waals surface area contributed by atoms with Crippen LogP contribution < -0.4 is 9.64 Å². The van der Waals surface area contributed by atoms with Crippen molar-refractivity contribution in [2.45, 2.75) is 26.3 Å². The van der Waals surface area contributed by atoms with Gasteiger partial charge in [0.25, 0.3) is 5.91 Å². The number of ether oxygens (including phenoxy) is 1. The summed E-state index contributed by atoms with van der Waals surface area (Å²) in [6.07, 6.45) is 2.47. The van der Waals surface area contributed by atoms with Crippen molar-refractivity contribution in [2.24, 2.45) is 5.92 Å². The quantitative estimate of drug-likeness (QED) is 0.632. The van der Waals surface area contributed by atoms with E-state index in [0.29, 0.717) is 23.2 Å². The second-order valence-electron chi connectivity index (χ2n) is 7.21. The molecule has 0 saturated carbocycles. The largest absolute Gasteiger partial charge is 0.481 e. The number of carbonyl (C=O) groups is 1. The SMILES string of the molecule is COc1ccc(N2C(=O)c3[nH]nc(CC(C)C)c3C2c2ccccc2Br)cn1. The van der Waals surface area contributed by atoms with E-state index < -0.39 is 0 Å². The molecule has 1 amide bonds. The first-order valence-electron chi connectivity index (χ1n) is 9.16. The molecule has 0 saturated heterocycles. The van der Waals surface area contributed by atoms with E-state index in [-0.39, 0.29) is 11.9 Å². The third-order valence-corrected chi connectivity index (χ3v) is 5.58. The number of amides is 1. The lowest BCUT2D eigenvalue weighted by Crippen LogP contribution is -2.29. The lowest BCUT2D eigenvalue weighted by Gasteiger charge is -2.27. The molecule has 2 aromatic heterocycles. The summed E-state index contributed by atoms with van der Waals surface area (Å²) in [5.41, 5.74) is 4.15. The Hall–Kier alpha value is -2.67. The van der Waals surface area contributed by atoms with Crippen molar-refractivity contribution in [1.29, 1.82) is 0 Å². The van der Waals surface area contributed by atoms with Crippen LogP contribution in [0.15, 0.2) is 47.1 Å². The maximum absolute atomic E-state index is 13.3. The molecular weight excluding hydrogens is 420 g/mol. The van der Waals surface area contributed by atoms with Gasteiger partial charge in [-0.15, -0.1) is 0 Å². The summed E-state index contributed by atoms with van der Waals surface area (Å²) in [4.78, 5) is 19.4. The number of aromatic amines is 1. The second kappa shape index (κ2) is 7.39. The number of benzene rings is 1. The fourth-order valence-electron chi connectivity index (χ4n) is 3.65. The molecule has 0 fully saturated rings. The van der Waals surface area contributed by atoms with E-state index in [0.717, 1.165) is 27.7 Å². The van der Waals surface area contributed by atoms with Crippen LogP contribution in [0.5, 0.6) is 5.88 Å². The number of aromatic nitrogens is 3. The molecule has 0 radical (unpaired) electrons. The summed E-state index contributed by atoms with van der Waals surface area (Å²) in [5, 5.41) is 7.45. The highest BCUT2D eigenvalue weighted by Gasteiger charge is 2.43. The van der Waals surface area contributed by atoms with E-state index in [4.69, 9.17) is 4.74 Å². The molecule has 1 atom stereocenters. The van der Waals surface area contributed by atoms with Crippen LogP contribution in [0.4, 0.5) is 5.69 Å². The molecule has 6 nitrogen and oxygen atoms in total. The Bertz CT molecular complexity index is 1010. The van der Waals surface area contributed by atoms with Gasteiger partial charge in [0.1, 0.15) is 5.69 Å². The molecule has 1 aliphatic rings. The fourth-order valence-corrected chi connectivity index (χ4v) is 4.15. The zero-order valence-electron chi connectivity index (χ0n) is 15.9. The molecule has 1 N–H and O–H groups in total. The van der Waals surface area contributed by atoms with Crippen LogP contribution in [0.3, 0.4) is 0 Å². The first kappa shape index (κ1) is 18.7. The molecule has 7 heteroatoms. The molecule has 1 unspecified atom stereocenters. The van der Waals surface area contributed by atoms with E-state index in [1.54, 1.807) is 24.3 Å². The average Bonchev–Trinajstić information content (AvgIpc) is 3.21. The normalized spacial score (nSPS) is 16.0. The predicted octanol–water partition coefficient (Wildman–Crippen LogP) is 4.52. The van der Waals surface area contributed by atoms with Crippen LogP contribution in [0.2, 0.25) is 0 Å². The maximum atomic E-state index is 13.3. The van der Waals surface area contributed by atoms with Crippen LogP contribution in [-0.4, -0.2) is 28.2 Å². The summed E-state index contributed by atoms with van der Waals surface area (Å²) < 4.78 is 6.11. The molecule has 3 aromatic rings. The molecule has 144 valence electrons. The number of nitrogens with one attached hydrogen (secondary N) is 1. The van der Waals surface area contributed by atoms with Gasteiger partial charge in [-0.2, -0.15) is 5.10 Å². The van der Waals surface area contributed by atoms with Gasteiger partial charge in [0.2, 0.25) is 5.88 Å². The Labute approximate surface area is 172 Å². The van der Waals surface area contributed by atoms with Crippen molar-refractivity contribution >= 4 is 27.5 Å². The standard InChI is InChI=1S/C21H21BrN4O2/c1-12(2)10-16-18-19(25-24-16)21(27)26(13-8-9-17(28-3)23-11-13)20(18)14-6-4-5-7-15(14)22/h4-9,11-12,20H,10H2,1-3H3,(H,24,25). The molecule has 4 rings (SSSR count). The van der Waals surface area contributed by atoms with Gasteiger partial charge in [-0.3, -0.25) is 14.8 Å². The highest BCUT2D eigenvalue weighted by atomic mass is 79.9. The average molecular weight is 441 g/mol. The van der Waals surface area contributed by atoms with Crippen molar-refractivity contribution in [1.82, 2.24) is 15.2 Å². The molecule has 3 heterocycles. The van der Waals surface area contributed by atoms with E-state index in [2.05, 4.69) is 45.0 Å². The number of pyridine rings is 1. The van der Waals surface area contributed by atoms with E-state index >= 15 is 0 Å². The number of carbonyl (C=O) groups excluding carboxylic acids is 1. The lowest BCUT2D eigenvalue weighted by atomic mass is 9.95. The number of anilines is 1. The van der Waals surface area contributed by atoms with Gasteiger partial charge in [-0.05, 0) is 30.0 Å². The Kier molecular flexibility index (Phi) is 4.93. The number of rotatable bonds is 5. The van der Waals surface area contributed by atoms with Gasteiger partial charge in [0.15, 0.2) is 0 Å². The van der Waals surface area contributed by atoms with Crippen molar-refractivity contribution in [3.63, 3.8) is 0 Å². The third-order valence-electron chi connectivity index (χ3n) is 4.86. The minimum absolute atomic E-state index is 0.106. The molecule has 0 bridgehead atoms. The molecule has 0 aliphatic carbocycles. The number of methoxy groups -OCH3 is 1. The summed E-state index contributed by atoms with van der Waals surface area (Å²) in [6, 6.07) is 11.3. The summed E-state index contributed by atoms with van der Waals surface area (Å²) in [6.45, 7) is 4.30. The molecule has 1 aromatic carbocycles. The highest BCUT2D eigenvalue weighted by molar-refractivity contribution is 9.10. The van der Waals surface area contributed by atoms with Crippen molar-refractivity contribution in [3.8, 4) is 5.88 Å². The third kappa shape index (κ3) is 3.09. The number of nitrogens with zero attached hydrogens (tertiary/aromatic N) is 3. The van der Waals surface area contributed by atoms with Crippen LogP contribution in [0, 0.1) is 5.92 Å². The lowest BCUT2D eigenvalue weighted by molar-refractivity contribution is 0.0988. The number of hydrogen-bond acceptors (Lipinski definition) is 4. The van der Waals surface area contributed by atoms with Gasteiger partial charge in [-0.25, -0.2) is 4.98 Å². The topological polar surface area (TPSA) is 71.1 Å². The van der Waals surface area contributed by atoms with Crippen LogP contribution >= 0.6 is 15.9 Å². The van der Waals surface area contributed by atoms with Crippen molar-refractivity contribution < 1.29 is 9.53 Å². The first-order valence-corrected chi connectivity index (χ1v) is 9.95. The minimum atomic E-state index is -0.277. The predicted molar refractivity (Wildman–Crippen MR) is 111 cm³/mol. The van der Waals surface area contributed by atoms with Gasteiger partial charge in [0.05, 0.1) is 30.7 Å². The Balaban J connectivity index is 1.88. The molecule has 0 spiro atoms. The van der Waals surface area contributed by atoms with Crippen molar-refractivity contribution in [2.75, 3.05) is 12.0 Å². The molecule has 1 aliphatic heterocycles. The second-order valence-corrected chi connectivity index (χ2v) is 8.07. The van der Waals surface area contributed by atoms with Gasteiger partial charge < -0.3 is 4.74 Å². The van der Waals surface area contributed by atoms with Crippen LogP contribution in [-0.2, 0) is 6.42 Å². The Morgan fingerprint density at radius 2 is 2.04 bits per heavy atom. The highest BCUT2D eigenvalue weighted by Crippen LogP contribution is 2.44. The Morgan fingerprint density at radius 1 is 1.25 bits per heavy atom. The van der Waals surface area contributed by atoms with Crippen LogP contribution in [0.25, 0.3) is 0 Å². The smallest absolute Gasteiger partial charge is 0.277 e. The maximum Gasteiger partial charge on any atom is 0.277 e. The molecular formula is C21H21BrN4O2. The van der Waals surface area contributed by atoms with E-state index in [9.17, 15) is 4.79 Å². The molecule has 28 heavy (non-hydrogen) atoms. The minimum Gasteiger partial charge on any atom is -0.481 e. The van der Waals surface area contributed by atoms with Gasteiger partial charge in [-0.1, -0.05) is 48.0 Å². The number of halogens is 1. The Morgan fingerprint density at radius 3 is 2.68 bits per heavy atom. The van der Waals surface area contributed by atoms with Crippen LogP contribution in [0.1, 0.15) is 47.2 Å². The van der Waals surface area contributed by atoms with E-state index in [1.807, 2.05) is 30.3 Å². The summed E-state index contributed by atoms with van der Waals surface area (Å²) in [5.74, 6) is 0.831. The zero-order chi connectivity index (χ0) is 19.8. The zero-order valence-corrected chi connectivity index (χ0v) is 17.5. The number of fused-ring (bicyclic) bond motifs is 1. The first-order chi connectivity index (χ1) is 13.5. The van der Waals surface area contributed by atoms with Gasteiger partial charge >= 0.3 is 0 Å². The monoisotopic (exact) mass is 440 g/mol. The van der Waals surface area contributed by atoms with E-state index in [1.165, 1.54) is 0 Å². The fraction of sp³-hybridized carbons (Fsp3) is 0.286. The van der Waals surface area contributed by atoms with Crippen molar-refractivity contribution in [3.05, 3.63) is 69.6 Å². The van der Waals surface area contributed by atoms with Gasteiger partial charge in [0, 0.05) is 16.1 Å². The number of H-pyrrole nitrogens is 1. The summed E-state index contributed by atoms with van der Waals surface area (Å²) in [7, 11) is 1.57. The summed E-state index contributed by atoms with van der Waals surface area (Å²) >= 11 is 3.66. The number of hydrogen-bond donors (Lipinski definition) is 1.